The number of aliphatic hydroxyl groups excluding tert-OH is 1. The van der Waals surface area contributed by atoms with E-state index in [1.807, 2.05) is 0 Å². The van der Waals surface area contributed by atoms with Crippen molar-refractivity contribution >= 4 is 23.6 Å². The van der Waals surface area contributed by atoms with E-state index in [0.29, 0.717) is 22.6 Å². The van der Waals surface area contributed by atoms with Crippen LogP contribution < -0.4 is 10.1 Å². The number of anilines is 1. The first-order chi connectivity index (χ1) is 12.5. The highest BCUT2D eigenvalue weighted by molar-refractivity contribution is 5.89. The summed E-state index contributed by atoms with van der Waals surface area (Å²) in [5.41, 5.74) is 2.67. The van der Waals surface area contributed by atoms with Crippen molar-refractivity contribution in [1.29, 1.82) is 0 Å². The van der Waals surface area contributed by atoms with Gasteiger partial charge in [-0.1, -0.05) is 18.2 Å². The summed E-state index contributed by atoms with van der Waals surface area (Å²) in [5, 5.41) is 12.2. The lowest BCUT2D eigenvalue weighted by molar-refractivity contribution is -0.114. The fourth-order valence-electron chi connectivity index (χ4n) is 2.22. The van der Waals surface area contributed by atoms with Gasteiger partial charge in [0.15, 0.2) is 0 Å². The Morgan fingerprint density at radius 2 is 1.73 bits per heavy atom. The van der Waals surface area contributed by atoms with Crippen molar-refractivity contribution in [2.24, 2.45) is 0 Å². The fourth-order valence-corrected chi connectivity index (χ4v) is 2.22. The van der Waals surface area contributed by atoms with E-state index in [2.05, 4.69) is 10.1 Å². The van der Waals surface area contributed by atoms with Gasteiger partial charge in [0.2, 0.25) is 5.91 Å². The summed E-state index contributed by atoms with van der Waals surface area (Å²) in [6.45, 7) is 1.51. The molecule has 0 saturated heterocycles. The number of rotatable bonds is 7. The topological polar surface area (TPSA) is 84.9 Å². The van der Waals surface area contributed by atoms with Crippen LogP contribution in [0.4, 0.5) is 5.69 Å². The lowest BCUT2D eigenvalue weighted by Crippen LogP contribution is -2.06. The molecule has 2 N–H and O–H groups in total. The van der Waals surface area contributed by atoms with Crippen LogP contribution in [0.15, 0.2) is 54.1 Å². The zero-order valence-corrected chi connectivity index (χ0v) is 14.7. The third kappa shape index (κ3) is 5.75. The normalized spacial score (nSPS) is 11.0. The van der Waals surface area contributed by atoms with Crippen LogP contribution in [0, 0.1) is 0 Å². The molecule has 0 fully saturated rings. The summed E-state index contributed by atoms with van der Waals surface area (Å²) in [7, 11) is 1.33. The molecule has 0 heterocycles. The largest absolute Gasteiger partial charge is 0.489 e. The molecule has 1 amide bonds. The van der Waals surface area contributed by atoms with Crippen LogP contribution >= 0.6 is 0 Å². The predicted molar refractivity (Wildman–Crippen MR) is 99.1 cm³/mol. The Kier molecular flexibility index (Phi) is 6.93. The van der Waals surface area contributed by atoms with Crippen molar-refractivity contribution in [3.8, 4) is 5.75 Å². The second-order valence-electron chi connectivity index (χ2n) is 5.57. The highest BCUT2D eigenvalue weighted by Gasteiger charge is 2.05. The first-order valence-electron chi connectivity index (χ1n) is 8.01. The summed E-state index contributed by atoms with van der Waals surface area (Å²) >= 11 is 0. The molecule has 0 aliphatic carbocycles. The first-order valence-corrected chi connectivity index (χ1v) is 8.01. The Morgan fingerprint density at radius 3 is 2.27 bits per heavy atom. The Hall–Kier alpha value is -3.12. The number of benzene rings is 2. The van der Waals surface area contributed by atoms with E-state index >= 15 is 0 Å². The van der Waals surface area contributed by atoms with Gasteiger partial charge in [0.1, 0.15) is 12.4 Å². The molecule has 0 saturated carbocycles. The Morgan fingerprint density at radius 1 is 1.08 bits per heavy atom. The molecule has 2 aromatic rings. The lowest BCUT2D eigenvalue weighted by atomic mass is 10.1. The van der Waals surface area contributed by atoms with Crippen LogP contribution in [-0.2, 0) is 9.53 Å². The third-order valence-electron chi connectivity index (χ3n) is 3.50. The number of aliphatic hydroxyl groups is 1. The van der Waals surface area contributed by atoms with Gasteiger partial charge < -0.3 is 19.9 Å². The van der Waals surface area contributed by atoms with E-state index < -0.39 is 5.97 Å². The maximum Gasteiger partial charge on any atom is 0.337 e. The fraction of sp³-hybridized carbons (Fsp3) is 0.200. The molecular formula is C20H21NO5. The van der Waals surface area contributed by atoms with Gasteiger partial charge in [0, 0.05) is 12.6 Å². The number of carbonyl (C=O) groups excluding carboxylic acids is 2. The van der Waals surface area contributed by atoms with Crippen molar-refractivity contribution in [3.05, 3.63) is 65.2 Å². The number of ether oxygens (including phenoxy) is 2. The molecule has 6 nitrogen and oxygen atoms in total. The number of methoxy groups -OCH3 is 1. The second-order valence-corrected chi connectivity index (χ2v) is 5.57. The number of hydrogen-bond donors (Lipinski definition) is 2. The summed E-state index contributed by atoms with van der Waals surface area (Å²) < 4.78 is 10.3. The van der Waals surface area contributed by atoms with Crippen LogP contribution in [0.2, 0.25) is 0 Å². The minimum Gasteiger partial charge on any atom is -0.489 e. The van der Waals surface area contributed by atoms with Gasteiger partial charge in [0.05, 0.1) is 19.3 Å². The molecule has 0 radical (unpaired) electrons. The first kappa shape index (κ1) is 19.2. The van der Waals surface area contributed by atoms with Crippen molar-refractivity contribution in [1.82, 2.24) is 0 Å². The van der Waals surface area contributed by atoms with Gasteiger partial charge >= 0.3 is 5.97 Å². The molecule has 6 heteroatoms. The van der Waals surface area contributed by atoms with Crippen molar-refractivity contribution in [2.45, 2.75) is 6.92 Å². The highest BCUT2D eigenvalue weighted by atomic mass is 16.5. The van der Waals surface area contributed by atoms with Gasteiger partial charge in [-0.15, -0.1) is 0 Å². The smallest absolute Gasteiger partial charge is 0.337 e. The minimum atomic E-state index is -0.394. The van der Waals surface area contributed by atoms with Crippen molar-refractivity contribution < 1.29 is 24.2 Å². The predicted octanol–water partition coefficient (Wildman–Crippen LogP) is 2.89. The van der Waals surface area contributed by atoms with Crippen LogP contribution in [0.5, 0.6) is 5.75 Å². The summed E-state index contributed by atoms with van der Waals surface area (Å²) in [6.07, 6.45) is 1.80. The lowest BCUT2D eigenvalue weighted by Gasteiger charge is -2.09. The molecule has 2 rings (SSSR count). The van der Waals surface area contributed by atoms with Gasteiger partial charge in [-0.25, -0.2) is 4.79 Å². The van der Waals surface area contributed by atoms with Crippen molar-refractivity contribution in [2.75, 3.05) is 25.6 Å². The minimum absolute atomic E-state index is 0.137. The molecule has 0 unspecified atom stereocenters. The van der Waals surface area contributed by atoms with E-state index in [1.54, 1.807) is 54.6 Å². The monoisotopic (exact) mass is 355 g/mol. The quantitative estimate of drug-likeness (QED) is 0.746. The molecule has 0 aromatic heterocycles. The van der Waals surface area contributed by atoms with E-state index in [4.69, 9.17) is 4.74 Å². The Bertz CT molecular complexity index is 779. The van der Waals surface area contributed by atoms with E-state index in [1.165, 1.54) is 14.0 Å². The zero-order valence-electron chi connectivity index (χ0n) is 14.7. The highest BCUT2D eigenvalue weighted by Crippen LogP contribution is 2.17. The molecule has 0 atom stereocenters. The molecular weight excluding hydrogens is 334 g/mol. The standard InChI is InChI=1S/C20H21NO5/c1-14(23)21-18-7-9-19(10-8-18)26-13-16(12-22)11-15-3-5-17(6-4-15)20(24)25-2/h3-11,22H,12-13H2,1-2H3,(H,21,23)/b16-11+. The maximum atomic E-state index is 11.4. The summed E-state index contributed by atoms with van der Waals surface area (Å²) in [4.78, 5) is 22.4. The molecule has 136 valence electrons. The molecule has 2 aromatic carbocycles. The number of hydrogen-bond acceptors (Lipinski definition) is 5. The van der Waals surface area contributed by atoms with Gasteiger partial charge in [0.25, 0.3) is 0 Å². The van der Waals surface area contributed by atoms with Crippen LogP contribution in [0.3, 0.4) is 0 Å². The second kappa shape index (κ2) is 9.39. The third-order valence-corrected chi connectivity index (χ3v) is 3.50. The summed E-state index contributed by atoms with van der Waals surface area (Å²) in [6, 6.07) is 13.8. The molecule has 0 aliphatic heterocycles. The molecule has 0 spiro atoms. The van der Waals surface area contributed by atoms with Crippen LogP contribution in [0.25, 0.3) is 6.08 Å². The number of nitrogens with one attached hydrogen (secondary N) is 1. The molecule has 0 bridgehead atoms. The summed E-state index contributed by atoms with van der Waals surface area (Å²) in [5.74, 6) is 0.0934. The van der Waals surface area contributed by atoms with E-state index in [-0.39, 0.29) is 19.1 Å². The van der Waals surface area contributed by atoms with E-state index in [0.717, 1.165) is 5.56 Å². The number of carbonyl (C=O) groups is 2. The van der Waals surface area contributed by atoms with Gasteiger partial charge in [-0.2, -0.15) is 0 Å². The van der Waals surface area contributed by atoms with Gasteiger partial charge in [-0.05, 0) is 47.5 Å². The van der Waals surface area contributed by atoms with Crippen molar-refractivity contribution in [3.63, 3.8) is 0 Å². The maximum absolute atomic E-state index is 11.4. The average Bonchev–Trinajstić information content (AvgIpc) is 2.65. The Labute approximate surface area is 152 Å². The molecule has 0 aliphatic rings. The van der Waals surface area contributed by atoms with E-state index in [9.17, 15) is 14.7 Å². The average molecular weight is 355 g/mol. The Balaban J connectivity index is 1.99. The SMILES string of the molecule is COC(=O)c1ccc(/C=C(\CO)COc2ccc(NC(C)=O)cc2)cc1. The van der Waals surface area contributed by atoms with Gasteiger partial charge in [-0.3, -0.25) is 4.79 Å². The van der Waals surface area contributed by atoms with Crippen LogP contribution in [0.1, 0.15) is 22.8 Å². The number of amides is 1. The molecule has 26 heavy (non-hydrogen) atoms. The zero-order chi connectivity index (χ0) is 18.9. The number of esters is 1. The van der Waals surface area contributed by atoms with Crippen LogP contribution in [-0.4, -0.2) is 37.3 Å².